The summed E-state index contributed by atoms with van der Waals surface area (Å²) in [7, 11) is 3.37. The third kappa shape index (κ3) is 3.93. The second kappa shape index (κ2) is 7.64. The van der Waals surface area contributed by atoms with Crippen LogP contribution in [0.15, 0.2) is 66.7 Å². The molecule has 0 saturated carbocycles. The Labute approximate surface area is 143 Å². The Morgan fingerprint density at radius 3 is 2.58 bits per heavy atom. The Hall–Kier alpha value is -2.82. The minimum absolute atomic E-state index is 0.732. The molecule has 0 bridgehead atoms. The average Bonchev–Trinajstić information content (AvgIpc) is 2.67. The van der Waals surface area contributed by atoms with Crippen molar-refractivity contribution in [3.05, 3.63) is 72.2 Å². The molecule has 0 radical (unpaired) electrons. The number of ether oxygens (including phenoxy) is 2. The van der Waals surface area contributed by atoms with E-state index in [0.29, 0.717) is 0 Å². The molecular formula is C19H23N3O2. The van der Waals surface area contributed by atoms with Crippen LogP contribution in [0.2, 0.25) is 0 Å². The van der Waals surface area contributed by atoms with Crippen molar-refractivity contribution in [1.82, 2.24) is 10.3 Å². The molecule has 0 aliphatic carbocycles. The number of para-hydroxylation sites is 1. The summed E-state index contributed by atoms with van der Waals surface area (Å²) < 4.78 is 10.7. The second-order valence-electron chi connectivity index (χ2n) is 5.63. The Morgan fingerprint density at radius 2 is 1.83 bits per heavy atom. The first kappa shape index (κ1) is 16.1. The van der Waals surface area contributed by atoms with Crippen molar-refractivity contribution >= 4 is 5.69 Å². The summed E-state index contributed by atoms with van der Waals surface area (Å²) in [6.45, 7) is 1.64. The summed E-state index contributed by atoms with van der Waals surface area (Å²) in [6, 6.07) is 18.4. The van der Waals surface area contributed by atoms with Crippen LogP contribution in [0.1, 0.15) is 5.56 Å². The molecular weight excluding hydrogens is 302 g/mol. The monoisotopic (exact) mass is 325 g/mol. The zero-order chi connectivity index (χ0) is 16.8. The second-order valence-corrected chi connectivity index (χ2v) is 5.63. The number of hydrogen-bond donors (Lipinski definition) is 1. The highest BCUT2D eigenvalue weighted by molar-refractivity contribution is 5.45. The van der Waals surface area contributed by atoms with Gasteiger partial charge in [0, 0.05) is 6.54 Å². The van der Waals surface area contributed by atoms with Crippen molar-refractivity contribution in [2.45, 2.75) is 6.42 Å². The largest absolute Gasteiger partial charge is 0.497 e. The van der Waals surface area contributed by atoms with Crippen molar-refractivity contribution in [3.63, 3.8) is 0 Å². The molecule has 1 aliphatic rings. The number of nitrogens with zero attached hydrogens (tertiary/aromatic N) is 2. The van der Waals surface area contributed by atoms with E-state index in [9.17, 15) is 0 Å². The summed E-state index contributed by atoms with van der Waals surface area (Å²) in [4.78, 5) is 2.24. The molecule has 0 amide bonds. The highest BCUT2D eigenvalue weighted by Crippen LogP contribution is 2.18. The van der Waals surface area contributed by atoms with Crippen molar-refractivity contribution in [3.8, 4) is 5.75 Å². The Balaban J connectivity index is 1.67. The molecule has 1 N–H and O–H groups in total. The molecule has 0 fully saturated rings. The third-order valence-electron chi connectivity index (χ3n) is 3.98. The lowest BCUT2D eigenvalue weighted by atomic mass is 10.1. The topological polar surface area (TPSA) is 37.0 Å². The number of hydrogen-bond acceptors (Lipinski definition) is 5. The van der Waals surface area contributed by atoms with E-state index in [1.807, 2.05) is 36.5 Å². The summed E-state index contributed by atoms with van der Waals surface area (Å²) >= 11 is 0. The maximum absolute atomic E-state index is 5.41. The van der Waals surface area contributed by atoms with Gasteiger partial charge in [-0.3, -0.25) is 10.4 Å². The molecule has 5 nitrogen and oxygen atoms in total. The summed E-state index contributed by atoms with van der Waals surface area (Å²) in [5.41, 5.74) is 5.64. The summed E-state index contributed by atoms with van der Waals surface area (Å²) in [6.07, 6.45) is 2.95. The van der Waals surface area contributed by atoms with Crippen molar-refractivity contribution in [1.29, 1.82) is 0 Å². The third-order valence-corrected chi connectivity index (χ3v) is 3.98. The van der Waals surface area contributed by atoms with Crippen LogP contribution >= 0.6 is 0 Å². The van der Waals surface area contributed by atoms with Crippen LogP contribution in [0.3, 0.4) is 0 Å². The van der Waals surface area contributed by atoms with Gasteiger partial charge in [-0.15, -0.1) is 0 Å². The summed E-state index contributed by atoms with van der Waals surface area (Å²) in [5.74, 6) is 1.63. The van der Waals surface area contributed by atoms with E-state index in [2.05, 4.69) is 39.6 Å². The van der Waals surface area contributed by atoms with Crippen LogP contribution in [0.4, 0.5) is 5.69 Å². The molecule has 0 atom stereocenters. The molecule has 126 valence electrons. The van der Waals surface area contributed by atoms with Gasteiger partial charge in [0.05, 0.1) is 26.1 Å². The lowest BCUT2D eigenvalue weighted by Gasteiger charge is -2.37. The van der Waals surface area contributed by atoms with Gasteiger partial charge in [-0.1, -0.05) is 30.3 Å². The minimum atomic E-state index is 0.732. The van der Waals surface area contributed by atoms with Crippen molar-refractivity contribution in [2.24, 2.45) is 0 Å². The molecule has 1 heterocycles. The van der Waals surface area contributed by atoms with Crippen molar-refractivity contribution in [2.75, 3.05) is 32.4 Å². The van der Waals surface area contributed by atoms with Crippen LogP contribution in [0, 0.1) is 0 Å². The summed E-state index contributed by atoms with van der Waals surface area (Å²) in [5, 5.41) is 2.07. The standard InChI is InChI=1S/C19H23N3O2/c1-23-18-10-6-7-16(13-18)11-12-21-14-19(24-2)20-22(15-21)17-8-4-3-5-9-17/h3-10,13-14,20H,11-12,15H2,1-2H3. The average molecular weight is 325 g/mol. The smallest absolute Gasteiger partial charge is 0.222 e. The minimum Gasteiger partial charge on any atom is -0.497 e. The van der Waals surface area contributed by atoms with E-state index >= 15 is 0 Å². The molecule has 5 heteroatoms. The fourth-order valence-electron chi connectivity index (χ4n) is 2.67. The van der Waals surface area contributed by atoms with Gasteiger partial charge in [0.1, 0.15) is 12.4 Å². The predicted octanol–water partition coefficient (Wildman–Crippen LogP) is 2.97. The number of hydrazine groups is 1. The van der Waals surface area contributed by atoms with Gasteiger partial charge in [-0.05, 0) is 36.2 Å². The lowest BCUT2D eigenvalue weighted by Crippen LogP contribution is -2.49. The first-order chi connectivity index (χ1) is 11.8. The maximum atomic E-state index is 5.41. The molecule has 3 rings (SSSR count). The quantitative estimate of drug-likeness (QED) is 0.884. The SMILES string of the molecule is COC1=CN(CCc2cccc(OC)c2)CN(c2ccccc2)N1. The molecule has 0 unspecified atom stereocenters. The number of methoxy groups -OCH3 is 2. The van der Waals surface area contributed by atoms with Gasteiger partial charge in [-0.25, -0.2) is 0 Å². The maximum Gasteiger partial charge on any atom is 0.222 e. The zero-order valence-electron chi connectivity index (χ0n) is 14.1. The first-order valence-corrected chi connectivity index (χ1v) is 8.00. The van der Waals surface area contributed by atoms with E-state index < -0.39 is 0 Å². The highest BCUT2D eigenvalue weighted by Gasteiger charge is 2.17. The highest BCUT2D eigenvalue weighted by atomic mass is 16.5. The number of anilines is 1. The van der Waals surface area contributed by atoms with E-state index in [-0.39, 0.29) is 0 Å². The van der Waals surface area contributed by atoms with Gasteiger partial charge in [0.15, 0.2) is 0 Å². The molecule has 0 saturated heterocycles. The van der Waals surface area contributed by atoms with Gasteiger partial charge >= 0.3 is 0 Å². The molecule has 2 aromatic rings. The molecule has 2 aromatic carbocycles. The molecule has 1 aliphatic heterocycles. The molecule has 0 spiro atoms. The normalized spacial score (nSPS) is 14.0. The van der Waals surface area contributed by atoms with Crippen molar-refractivity contribution < 1.29 is 9.47 Å². The van der Waals surface area contributed by atoms with Gasteiger partial charge in [0.2, 0.25) is 5.88 Å². The van der Waals surface area contributed by atoms with Crippen LogP contribution < -0.4 is 15.2 Å². The van der Waals surface area contributed by atoms with Gasteiger partial charge in [-0.2, -0.15) is 0 Å². The molecule has 24 heavy (non-hydrogen) atoms. The van der Waals surface area contributed by atoms with Crippen LogP contribution in [-0.4, -0.2) is 32.3 Å². The van der Waals surface area contributed by atoms with E-state index in [4.69, 9.17) is 9.47 Å². The van der Waals surface area contributed by atoms with Crippen LogP contribution in [0.5, 0.6) is 5.75 Å². The van der Waals surface area contributed by atoms with Crippen LogP contribution in [-0.2, 0) is 11.2 Å². The Kier molecular flexibility index (Phi) is 5.11. The van der Waals surface area contributed by atoms with E-state index in [1.54, 1.807) is 14.2 Å². The number of nitrogens with one attached hydrogen (secondary N) is 1. The Bertz CT molecular complexity index is 688. The number of rotatable bonds is 6. The van der Waals surface area contributed by atoms with E-state index in [0.717, 1.165) is 37.0 Å². The predicted molar refractivity (Wildman–Crippen MR) is 95.4 cm³/mol. The zero-order valence-corrected chi connectivity index (χ0v) is 14.1. The van der Waals surface area contributed by atoms with Gasteiger partial charge in [0.25, 0.3) is 0 Å². The van der Waals surface area contributed by atoms with Gasteiger partial charge < -0.3 is 14.4 Å². The fourth-order valence-corrected chi connectivity index (χ4v) is 2.67. The number of benzene rings is 2. The Morgan fingerprint density at radius 1 is 1.00 bits per heavy atom. The fraction of sp³-hybridized carbons (Fsp3) is 0.263. The van der Waals surface area contributed by atoms with E-state index in [1.165, 1.54) is 5.56 Å². The van der Waals surface area contributed by atoms with Crippen LogP contribution in [0.25, 0.3) is 0 Å². The lowest BCUT2D eigenvalue weighted by molar-refractivity contribution is 0.211. The first-order valence-electron chi connectivity index (χ1n) is 8.00. The molecule has 0 aromatic heterocycles.